The van der Waals surface area contributed by atoms with E-state index in [9.17, 15) is 15.2 Å². The first-order valence-electron chi connectivity index (χ1n) is 9.54. The molecule has 0 saturated carbocycles. The minimum atomic E-state index is -1.30. The SMILES string of the molecule is Cc1cc2nc(NC(=O)CC(C)(O)c3ccccc3)n(C(C)(C)C)c2cc1C#N. The summed E-state index contributed by atoms with van der Waals surface area (Å²) in [6, 6.07) is 15.0. The van der Waals surface area contributed by atoms with Crippen LogP contribution < -0.4 is 5.32 Å². The summed E-state index contributed by atoms with van der Waals surface area (Å²) < 4.78 is 1.91. The molecule has 6 nitrogen and oxygen atoms in total. The lowest BCUT2D eigenvalue weighted by Crippen LogP contribution is -2.31. The first-order chi connectivity index (χ1) is 13.5. The highest BCUT2D eigenvalue weighted by molar-refractivity contribution is 5.92. The zero-order valence-corrected chi connectivity index (χ0v) is 17.4. The number of hydrogen-bond acceptors (Lipinski definition) is 4. The topological polar surface area (TPSA) is 90.9 Å². The van der Waals surface area contributed by atoms with Crippen molar-refractivity contribution in [3.8, 4) is 6.07 Å². The van der Waals surface area contributed by atoms with Crippen molar-refractivity contribution in [3.05, 3.63) is 59.2 Å². The molecule has 3 aromatic rings. The molecule has 2 aromatic carbocycles. The van der Waals surface area contributed by atoms with E-state index < -0.39 is 5.60 Å². The summed E-state index contributed by atoms with van der Waals surface area (Å²) >= 11 is 0. The van der Waals surface area contributed by atoms with Crippen molar-refractivity contribution in [1.29, 1.82) is 5.26 Å². The molecule has 0 fully saturated rings. The maximum atomic E-state index is 12.8. The number of benzene rings is 2. The highest BCUT2D eigenvalue weighted by atomic mass is 16.3. The van der Waals surface area contributed by atoms with Gasteiger partial charge in [-0.25, -0.2) is 4.98 Å². The molecule has 0 radical (unpaired) electrons. The highest BCUT2D eigenvalue weighted by Gasteiger charge is 2.29. The molecule has 1 heterocycles. The Morgan fingerprint density at radius 2 is 1.86 bits per heavy atom. The Hall–Kier alpha value is -3.17. The van der Waals surface area contributed by atoms with E-state index in [1.807, 2.05) is 56.5 Å². The Bertz CT molecular complexity index is 1100. The Morgan fingerprint density at radius 1 is 1.21 bits per heavy atom. The number of fused-ring (bicyclic) bond motifs is 1. The lowest BCUT2D eigenvalue weighted by Gasteiger charge is -2.26. The largest absolute Gasteiger partial charge is 0.385 e. The van der Waals surface area contributed by atoms with E-state index in [-0.39, 0.29) is 17.9 Å². The van der Waals surface area contributed by atoms with Crippen molar-refractivity contribution >= 4 is 22.9 Å². The summed E-state index contributed by atoms with van der Waals surface area (Å²) in [5.74, 6) is 0.0627. The van der Waals surface area contributed by atoms with Crippen LogP contribution in [0.1, 0.15) is 50.8 Å². The van der Waals surface area contributed by atoms with E-state index in [4.69, 9.17) is 0 Å². The van der Waals surface area contributed by atoms with Crippen LogP contribution in [0.15, 0.2) is 42.5 Å². The van der Waals surface area contributed by atoms with Gasteiger partial charge < -0.3 is 9.67 Å². The number of imidazole rings is 1. The van der Waals surface area contributed by atoms with Crippen LogP contribution in [-0.2, 0) is 15.9 Å². The number of carbonyl (C=O) groups excluding carboxylic acids is 1. The van der Waals surface area contributed by atoms with Gasteiger partial charge in [-0.1, -0.05) is 30.3 Å². The van der Waals surface area contributed by atoms with Gasteiger partial charge in [0.05, 0.1) is 34.7 Å². The highest BCUT2D eigenvalue weighted by Crippen LogP contribution is 2.31. The number of aryl methyl sites for hydroxylation is 1. The number of anilines is 1. The Balaban J connectivity index is 1.97. The molecule has 1 atom stereocenters. The van der Waals surface area contributed by atoms with Gasteiger partial charge in [0.15, 0.2) is 0 Å². The standard InChI is InChI=1S/C23H26N4O2/c1-15-11-18-19(12-16(15)14-24)27(22(2,3)4)21(25-18)26-20(28)13-23(5,29)17-9-7-6-8-10-17/h6-12,29H,13H2,1-5H3,(H,25,26,28). The zero-order valence-electron chi connectivity index (χ0n) is 17.4. The molecular weight excluding hydrogens is 364 g/mol. The molecule has 0 aliphatic heterocycles. The fourth-order valence-corrected chi connectivity index (χ4v) is 3.49. The van der Waals surface area contributed by atoms with Crippen molar-refractivity contribution in [2.75, 3.05) is 5.32 Å². The predicted molar refractivity (Wildman–Crippen MR) is 113 cm³/mol. The number of aliphatic hydroxyl groups is 1. The smallest absolute Gasteiger partial charge is 0.229 e. The van der Waals surface area contributed by atoms with Crippen LogP contribution in [0.3, 0.4) is 0 Å². The third kappa shape index (κ3) is 4.15. The second kappa shape index (κ2) is 7.34. The van der Waals surface area contributed by atoms with Gasteiger partial charge in [0.1, 0.15) is 0 Å². The summed E-state index contributed by atoms with van der Waals surface area (Å²) in [4.78, 5) is 17.4. The number of aromatic nitrogens is 2. The van der Waals surface area contributed by atoms with Gasteiger partial charge in [0, 0.05) is 5.54 Å². The number of rotatable bonds is 4. The molecule has 3 rings (SSSR count). The Morgan fingerprint density at radius 3 is 2.45 bits per heavy atom. The second-order valence-corrected chi connectivity index (χ2v) is 8.57. The van der Waals surface area contributed by atoms with E-state index in [2.05, 4.69) is 16.4 Å². The predicted octanol–water partition coefficient (Wildman–Crippen LogP) is 4.21. The van der Waals surface area contributed by atoms with Gasteiger partial charge in [0.25, 0.3) is 0 Å². The number of nitrogens with one attached hydrogen (secondary N) is 1. The van der Waals surface area contributed by atoms with Gasteiger partial charge in [-0.2, -0.15) is 5.26 Å². The van der Waals surface area contributed by atoms with Crippen molar-refractivity contribution in [2.45, 2.75) is 52.2 Å². The fourth-order valence-electron chi connectivity index (χ4n) is 3.49. The van der Waals surface area contributed by atoms with E-state index >= 15 is 0 Å². The number of hydrogen-bond donors (Lipinski definition) is 2. The van der Waals surface area contributed by atoms with Crippen LogP contribution in [0.5, 0.6) is 0 Å². The molecule has 150 valence electrons. The number of nitrogens with zero attached hydrogens (tertiary/aromatic N) is 3. The summed E-state index contributed by atoms with van der Waals surface area (Å²) in [5.41, 5.74) is 1.91. The summed E-state index contributed by atoms with van der Waals surface area (Å²) in [5, 5.41) is 23.0. The van der Waals surface area contributed by atoms with Crippen molar-refractivity contribution in [2.24, 2.45) is 0 Å². The van der Waals surface area contributed by atoms with E-state index in [1.165, 1.54) is 0 Å². The van der Waals surface area contributed by atoms with Crippen LogP contribution in [0.2, 0.25) is 0 Å². The van der Waals surface area contributed by atoms with Crippen LogP contribution in [0.25, 0.3) is 11.0 Å². The maximum absolute atomic E-state index is 12.8. The molecule has 0 bridgehead atoms. The van der Waals surface area contributed by atoms with Crippen LogP contribution in [0.4, 0.5) is 5.95 Å². The fraction of sp³-hybridized carbons (Fsp3) is 0.348. The first kappa shape index (κ1) is 20.6. The van der Waals surface area contributed by atoms with E-state index in [0.29, 0.717) is 22.6 Å². The minimum Gasteiger partial charge on any atom is -0.385 e. The molecule has 6 heteroatoms. The molecule has 1 amide bonds. The molecule has 0 spiro atoms. The number of amides is 1. The average molecular weight is 390 g/mol. The van der Waals surface area contributed by atoms with Gasteiger partial charge in [-0.15, -0.1) is 0 Å². The van der Waals surface area contributed by atoms with Crippen LogP contribution in [0, 0.1) is 18.3 Å². The second-order valence-electron chi connectivity index (χ2n) is 8.57. The van der Waals surface area contributed by atoms with E-state index in [1.54, 1.807) is 25.1 Å². The van der Waals surface area contributed by atoms with Gasteiger partial charge in [-0.3, -0.25) is 10.1 Å². The molecule has 0 aliphatic rings. The van der Waals surface area contributed by atoms with Crippen molar-refractivity contribution in [1.82, 2.24) is 9.55 Å². The molecule has 0 saturated heterocycles. The van der Waals surface area contributed by atoms with Crippen LogP contribution >= 0.6 is 0 Å². The molecule has 1 unspecified atom stereocenters. The third-order valence-electron chi connectivity index (χ3n) is 4.94. The minimum absolute atomic E-state index is 0.104. The van der Waals surface area contributed by atoms with Crippen molar-refractivity contribution < 1.29 is 9.90 Å². The lowest BCUT2D eigenvalue weighted by atomic mass is 9.92. The Labute approximate surface area is 170 Å². The van der Waals surface area contributed by atoms with Gasteiger partial charge in [-0.05, 0) is 57.9 Å². The molecule has 2 N–H and O–H groups in total. The number of carbonyl (C=O) groups is 1. The molecule has 1 aromatic heterocycles. The molecule has 29 heavy (non-hydrogen) atoms. The quantitative estimate of drug-likeness (QED) is 0.698. The zero-order chi connectivity index (χ0) is 21.4. The van der Waals surface area contributed by atoms with Gasteiger partial charge in [0.2, 0.25) is 11.9 Å². The molecular formula is C23H26N4O2. The summed E-state index contributed by atoms with van der Waals surface area (Å²) in [6.45, 7) is 9.52. The average Bonchev–Trinajstić information content (AvgIpc) is 2.97. The van der Waals surface area contributed by atoms with Crippen molar-refractivity contribution in [3.63, 3.8) is 0 Å². The molecule has 0 aliphatic carbocycles. The third-order valence-corrected chi connectivity index (χ3v) is 4.94. The summed E-state index contributed by atoms with van der Waals surface area (Å²) in [7, 11) is 0. The van der Waals surface area contributed by atoms with E-state index in [0.717, 1.165) is 11.1 Å². The monoisotopic (exact) mass is 390 g/mol. The Kier molecular flexibility index (Phi) is 5.20. The first-order valence-corrected chi connectivity index (χ1v) is 9.54. The normalized spacial score (nSPS) is 13.7. The summed E-state index contributed by atoms with van der Waals surface area (Å²) in [6.07, 6.45) is -0.104. The van der Waals surface area contributed by atoms with Gasteiger partial charge >= 0.3 is 0 Å². The lowest BCUT2D eigenvalue weighted by molar-refractivity contribution is -0.120. The maximum Gasteiger partial charge on any atom is 0.229 e. The number of nitriles is 1. The van der Waals surface area contributed by atoms with Crippen LogP contribution in [-0.4, -0.2) is 20.6 Å².